The van der Waals surface area contributed by atoms with Crippen molar-refractivity contribution in [2.45, 2.75) is 20.3 Å². The van der Waals surface area contributed by atoms with Crippen LogP contribution in [0.4, 0.5) is 0 Å². The van der Waals surface area contributed by atoms with Crippen molar-refractivity contribution in [3.8, 4) is 0 Å². The summed E-state index contributed by atoms with van der Waals surface area (Å²) in [6.07, 6.45) is 4.30. The maximum atomic E-state index is 10.6. The Balaban J connectivity index is 2.38. The summed E-state index contributed by atoms with van der Waals surface area (Å²) in [7, 11) is 0. The zero-order valence-corrected chi connectivity index (χ0v) is 6.92. The maximum absolute atomic E-state index is 10.6. The topological polar surface area (TPSA) is 17.1 Å². The van der Waals surface area contributed by atoms with Crippen LogP contribution in [0.15, 0.2) is 22.8 Å². The summed E-state index contributed by atoms with van der Waals surface area (Å²) in [6, 6.07) is 0. The Morgan fingerprint density at radius 2 is 2.18 bits per heavy atom. The molecular weight excluding hydrogens is 136 g/mol. The van der Waals surface area contributed by atoms with Crippen molar-refractivity contribution < 1.29 is 4.79 Å². The Kier molecular flexibility index (Phi) is 1.28. The van der Waals surface area contributed by atoms with Crippen LogP contribution in [0.25, 0.3) is 0 Å². The predicted molar refractivity (Wildman–Crippen MR) is 44.1 cm³/mol. The second-order valence-electron chi connectivity index (χ2n) is 3.55. The average Bonchev–Trinajstić information content (AvgIpc) is 2.53. The molecule has 11 heavy (non-hydrogen) atoms. The van der Waals surface area contributed by atoms with E-state index in [9.17, 15) is 4.79 Å². The molecule has 58 valence electrons. The molecule has 0 saturated heterocycles. The Morgan fingerprint density at radius 1 is 1.45 bits per heavy atom. The molecule has 0 heterocycles. The van der Waals surface area contributed by atoms with Crippen LogP contribution < -0.4 is 0 Å². The molecule has 0 fully saturated rings. The Labute approximate surface area is 66.8 Å². The highest BCUT2D eigenvalue weighted by molar-refractivity contribution is 5.77. The number of carbonyl (C=O) groups excluding carboxylic acids is 1. The largest absolute Gasteiger partial charge is 0.298 e. The normalized spacial score (nSPS) is 34.5. The van der Waals surface area contributed by atoms with Crippen molar-refractivity contribution >= 4 is 6.29 Å². The molecule has 1 heteroatoms. The highest BCUT2D eigenvalue weighted by atomic mass is 16.1. The Bertz CT molecular complexity index is 269. The summed E-state index contributed by atoms with van der Waals surface area (Å²) < 4.78 is 0. The second kappa shape index (κ2) is 2.07. The number of aldehydes is 1. The molecule has 1 nitrogen and oxygen atoms in total. The van der Waals surface area contributed by atoms with E-state index in [0.29, 0.717) is 11.8 Å². The lowest BCUT2D eigenvalue weighted by atomic mass is 9.94. The SMILES string of the molecule is CC1=C(C)C2CC1C=C2C=O. The van der Waals surface area contributed by atoms with E-state index in [0.717, 1.165) is 18.3 Å². The molecule has 0 N–H and O–H groups in total. The van der Waals surface area contributed by atoms with Crippen molar-refractivity contribution in [2.24, 2.45) is 11.8 Å². The van der Waals surface area contributed by atoms with E-state index in [4.69, 9.17) is 0 Å². The molecular formula is C10H12O. The van der Waals surface area contributed by atoms with Gasteiger partial charge >= 0.3 is 0 Å². The molecule has 2 aliphatic rings. The highest BCUT2D eigenvalue weighted by Crippen LogP contribution is 2.46. The third-order valence-electron chi connectivity index (χ3n) is 3.12. The van der Waals surface area contributed by atoms with Crippen LogP contribution in [0.5, 0.6) is 0 Å². The molecule has 0 aliphatic heterocycles. The van der Waals surface area contributed by atoms with Crippen molar-refractivity contribution in [3.05, 3.63) is 22.8 Å². The van der Waals surface area contributed by atoms with Crippen molar-refractivity contribution in [2.75, 3.05) is 0 Å². The van der Waals surface area contributed by atoms with E-state index in [1.54, 1.807) is 0 Å². The lowest BCUT2D eigenvalue weighted by molar-refractivity contribution is -0.105. The minimum absolute atomic E-state index is 0.470. The summed E-state index contributed by atoms with van der Waals surface area (Å²) in [5, 5.41) is 0. The molecule has 2 unspecified atom stereocenters. The van der Waals surface area contributed by atoms with Crippen molar-refractivity contribution in [3.63, 3.8) is 0 Å². The van der Waals surface area contributed by atoms with Crippen LogP contribution in [-0.2, 0) is 4.79 Å². The first-order valence-corrected chi connectivity index (χ1v) is 4.08. The first-order valence-electron chi connectivity index (χ1n) is 4.08. The van der Waals surface area contributed by atoms with E-state index in [2.05, 4.69) is 19.9 Å². The number of fused-ring (bicyclic) bond motifs is 2. The van der Waals surface area contributed by atoms with Gasteiger partial charge in [-0.05, 0) is 31.8 Å². The molecule has 2 atom stereocenters. The summed E-state index contributed by atoms with van der Waals surface area (Å²) >= 11 is 0. The molecule has 0 amide bonds. The third-order valence-corrected chi connectivity index (χ3v) is 3.12. The lowest BCUT2D eigenvalue weighted by Gasteiger charge is -2.11. The average molecular weight is 148 g/mol. The van der Waals surface area contributed by atoms with Crippen molar-refractivity contribution in [1.29, 1.82) is 0 Å². The number of hydrogen-bond acceptors (Lipinski definition) is 1. The summed E-state index contributed by atoms with van der Waals surface area (Å²) in [6.45, 7) is 4.33. The van der Waals surface area contributed by atoms with Crippen molar-refractivity contribution in [1.82, 2.24) is 0 Å². The van der Waals surface area contributed by atoms with Crippen LogP contribution in [0, 0.1) is 11.8 Å². The first-order chi connectivity index (χ1) is 5.24. The Hall–Kier alpha value is -0.850. The number of rotatable bonds is 1. The number of carbonyl (C=O) groups is 1. The minimum atomic E-state index is 0.470. The van der Waals surface area contributed by atoms with Gasteiger partial charge in [0.15, 0.2) is 0 Å². The molecule has 0 radical (unpaired) electrons. The lowest BCUT2D eigenvalue weighted by Crippen LogP contribution is -2.01. The van der Waals surface area contributed by atoms with Gasteiger partial charge in [-0.25, -0.2) is 0 Å². The predicted octanol–water partition coefficient (Wildman–Crippen LogP) is 2.10. The highest BCUT2D eigenvalue weighted by Gasteiger charge is 2.35. The molecule has 2 rings (SSSR count). The van der Waals surface area contributed by atoms with Crippen LogP contribution in [0.1, 0.15) is 20.3 Å². The van der Waals surface area contributed by atoms with Gasteiger partial charge in [0.05, 0.1) is 0 Å². The molecule has 0 saturated carbocycles. The van der Waals surface area contributed by atoms with Crippen LogP contribution in [-0.4, -0.2) is 6.29 Å². The van der Waals surface area contributed by atoms with Gasteiger partial charge in [0.1, 0.15) is 6.29 Å². The zero-order valence-electron chi connectivity index (χ0n) is 6.92. The van der Waals surface area contributed by atoms with Gasteiger partial charge in [-0.3, -0.25) is 4.79 Å². The van der Waals surface area contributed by atoms with Crippen LogP contribution in [0.3, 0.4) is 0 Å². The summed E-state index contributed by atoms with van der Waals surface area (Å²) in [5.41, 5.74) is 3.93. The maximum Gasteiger partial charge on any atom is 0.146 e. The summed E-state index contributed by atoms with van der Waals surface area (Å²) in [5.74, 6) is 1.05. The van der Waals surface area contributed by atoms with Crippen LogP contribution >= 0.6 is 0 Å². The fourth-order valence-electron chi connectivity index (χ4n) is 2.22. The van der Waals surface area contributed by atoms with Gasteiger partial charge in [0.25, 0.3) is 0 Å². The van der Waals surface area contributed by atoms with E-state index in [1.807, 2.05) is 0 Å². The van der Waals surface area contributed by atoms with E-state index < -0.39 is 0 Å². The van der Waals surface area contributed by atoms with Gasteiger partial charge in [-0.2, -0.15) is 0 Å². The van der Waals surface area contributed by atoms with E-state index >= 15 is 0 Å². The van der Waals surface area contributed by atoms with Gasteiger partial charge in [-0.1, -0.05) is 17.2 Å². The minimum Gasteiger partial charge on any atom is -0.298 e. The molecule has 0 aromatic heterocycles. The van der Waals surface area contributed by atoms with Gasteiger partial charge in [0, 0.05) is 5.92 Å². The van der Waals surface area contributed by atoms with Crippen LogP contribution in [0.2, 0.25) is 0 Å². The number of hydrogen-bond donors (Lipinski definition) is 0. The standard InChI is InChI=1S/C10H12O/c1-6-7(2)10-4-8(6)3-9(10)5-11/h3,5,8,10H,4H2,1-2H3. The van der Waals surface area contributed by atoms with E-state index in [-0.39, 0.29) is 0 Å². The second-order valence-corrected chi connectivity index (χ2v) is 3.55. The molecule has 0 aromatic rings. The fourth-order valence-corrected chi connectivity index (χ4v) is 2.22. The van der Waals surface area contributed by atoms with Gasteiger partial charge in [0.2, 0.25) is 0 Å². The molecule has 0 aromatic carbocycles. The summed E-state index contributed by atoms with van der Waals surface area (Å²) in [4.78, 5) is 10.6. The molecule has 2 aliphatic carbocycles. The molecule has 0 spiro atoms. The molecule has 2 bridgehead atoms. The van der Waals surface area contributed by atoms with E-state index in [1.165, 1.54) is 11.1 Å². The monoisotopic (exact) mass is 148 g/mol. The smallest absolute Gasteiger partial charge is 0.146 e. The zero-order chi connectivity index (χ0) is 8.01. The fraction of sp³-hybridized carbons (Fsp3) is 0.500. The van der Waals surface area contributed by atoms with Gasteiger partial charge in [-0.15, -0.1) is 0 Å². The Morgan fingerprint density at radius 3 is 2.64 bits per heavy atom. The van der Waals surface area contributed by atoms with Gasteiger partial charge < -0.3 is 0 Å². The third kappa shape index (κ3) is 0.740. The quantitative estimate of drug-likeness (QED) is 0.411. The number of allylic oxidation sites excluding steroid dienone is 4. The first kappa shape index (κ1) is 6.84.